The highest BCUT2D eigenvalue weighted by atomic mass is 15.1. The smallest absolute Gasteiger partial charge is 0.132 e. The first kappa shape index (κ1) is 14.7. The van der Waals surface area contributed by atoms with E-state index in [4.69, 9.17) is 0 Å². The minimum atomic E-state index is 0.457. The summed E-state index contributed by atoms with van der Waals surface area (Å²) in [6.45, 7) is 9.46. The maximum atomic E-state index is 4.52. The molecule has 0 spiro atoms. The minimum absolute atomic E-state index is 0.457. The summed E-state index contributed by atoms with van der Waals surface area (Å²) >= 11 is 0. The van der Waals surface area contributed by atoms with E-state index in [1.807, 2.05) is 6.07 Å². The van der Waals surface area contributed by atoms with E-state index in [0.29, 0.717) is 6.04 Å². The Bertz CT molecular complexity index is 352. The Morgan fingerprint density at radius 3 is 2.50 bits per heavy atom. The van der Waals surface area contributed by atoms with Gasteiger partial charge in [-0.25, -0.2) is 9.97 Å². The normalized spacial score (nSPS) is 12.2. The lowest BCUT2D eigenvalue weighted by atomic mass is 10.1. The molecular formula is C14H26N4. The summed E-state index contributed by atoms with van der Waals surface area (Å²) in [7, 11) is 0. The maximum Gasteiger partial charge on any atom is 0.132 e. The quantitative estimate of drug-likeness (QED) is 0.742. The average molecular weight is 250 g/mol. The third-order valence-electron chi connectivity index (χ3n) is 2.83. The molecular weight excluding hydrogens is 224 g/mol. The van der Waals surface area contributed by atoms with Crippen molar-refractivity contribution in [2.45, 2.75) is 59.4 Å². The monoisotopic (exact) mass is 250 g/mol. The number of aryl methyl sites for hydroxylation is 1. The lowest BCUT2D eigenvalue weighted by molar-refractivity contribution is 0.642. The lowest BCUT2D eigenvalue weighted by Gasteiger charge is -2.15. The van der Waals surface area contributed by atoms with Crippen LogP contribution in [-0.2, 0) is 6.42 Å². The summed E-state index contributed by atoms with van der Waals surface area (Å²) in [4.78, 5) is 8.97. The van der Waals surface area contributed by atoms with Gasteiger partial charge in [-0.05, 0) is 20.3 Å². The van der Waals surface area contributed by atoms with E-state index in [1.54, 1.807) is 0 Å². The lowest BCUT2D eigenvalue weighted by Crippen LogP contribution is -2.17. The van der Waals surface area contributed by atoms with Gasteiger partial charge in [0.25, 0.3) is 0 Å². The summed E-state index contributed by atoms with van der Waals surface area (Å²) in [5, 5.41) is 6.71. The van der Waals surface area contributed by atoms with Gasteiger partial charge in [0.1, 0.15) is 17.5 Å². The van der Waals surface area contributed by atoms with Crippen LogP contribution in [0.5, 0.6) is 0 Å². The van der Waals surface area contributed by atoms with Crippen molar-refractivity contribution in [1.82, 2.24) is 9.97 Å². The second-order valence-corrected chi connectivity index (χ2v) is 4.63. The van der Waals surface area contributed by atoms with E-state index in [-0.39, 0.29) is 0 Å². The summed E-state index contributed by atoms with van der Waals surface area (Å²) < 4.78 is 0. The van der Waals surface area contributed by atoms with Crippen LogP contribution in [0.15, 0.2) is 6.07 Å². The SMILES string of the molecule is CCCCC(C)Nc1cc(NCC)nc(CC)n1. The molecule has 1 aromatic rings. The number of nitrogens with one attached hydrogen (secondary N) is 2. The van der Waals surface area contributed by atoms with Crippen molar-refractivity contribution in [2.75, 3.05) is 17.2 Å². The Labute approximate surface area is 111 Å². The van der Waals surface area contributed by atoms with Crippen LogP contribution in [0, 0.1) is 0 Å². The van der Waals surface area contributed by atoms with Crippen LogP contribution in [0.1, 0.15) is 52.8 Å². The molecule has 0 saturated carbocycles. The van der Waals surface area contributed by atoms with Crippen LogP contribution in [0.4, 0.5) is 11.6 Å². The van der Waals surface area contributed by atoms with Gasteiger partial charge in [0, 0.05) is 25.1 Å². The van der Waals surface area contributed by atoms with Crippen LogP contribution in [-0.4, -0.2) is 22.6 Å². The van der Waals surface area contributed by atoms with Crippen LogP contribution in [0.25, 0.3) is 0 Å². The number of hydrogen-bond acceptors (Lipinski definition) is 4. The van der Waals surface area contributed by atoms with E-state index in [9.17, 15) is 0 Å². The molecule has 4 heteroatoms. The number of nitrogens with zero attached hydrogens (tertiary/aromatic N) is 2. The van der Waals surface area contributed by atoms with Gasteiger partial charge in [-0.2, -0.15) is 0 Å². The Balaban J connectivity index is 2.71. The van der Waals surface area contributed by atoms with Gasteiger partial charge in [-0.15, -0.1) is 0 Å². The van der Waals surface area contributed by atoms with Gasteiger partial charge >= 0.3 is 0 Å². The molecule has 4 nitrogen and oxygen atoms in total. The van der Waals surface area contributed by atoms with Crippen molar-refractivity contribution in [1.29, 1.82) is 0 Å². The maximum absolute atomic E-state index is 4.52. The highest BCUT2D eigenvalue weighted by Crippen LogP contribution is 2.14. The molecule has 0 fully saturated rings. The summed E-state index contributed by atoms with van der Waals surface area (Å²) in [6.07, 6.45) is 4.52. The van der Waals surface area contributed by atoms with Crippen LogP contribution in [0.3, 0.4) is 0 Å². The predicted molar refractivity (Wildman–Crippen MR) is 78.2 cm³/mol. The molecule has 0 radical (unpaired) electrons. The molecule has 1 aromatic heterocycles. The van der Waals surface area contributed by atoms with E-state index < -0.39 is 0 Å². The zero-order valence-electron chi connectivity index (χ0n) is 12.1. The Kier molecular flexibility index (Phi) is 6.47. The molecule has 0 aromatic carbocycles. The van der Waals surface area contributed by atoms with Crippen LogP contribution >= 0.6 is 0 Å². The van der Waals surface area contributed by atoms with Crippen molar-refractivity contribution in [3.63, 3.8) is 0 Å². The summed E-state index contributed by atoms with van der Waals surface area (Å²) in [5.41, 5.74) is 0. The Hall–Kier alpha value is -1.32. The number of anilines is 2. The van der Waals surface area contributed by atoms with Gasteiger partial charge in [0.05, 0.1) is 0 Å². The second kappa shape index (κ2) is 7.90. The fraction of sp³-hybridized carbons (Fsp3) is 0.714. The molecule has 1 atom stereocenters. The van der Waals surface area contributed by atoms with E-state index in [0.717, 1.165) is 30.4 Å². The first-order valence-corrected chi connectivity index (χ1v) is 7.07. The molecule has 1 heterocycles. The fourth-order valence-electron chi connectivity index (χ4n) is 1.84. The minimum Gasteiger partial charge on any atom is -0.370 e. The molecule has 102 valence electrons. The highest BCUT2D eigenvalue weighted by Gasteiger charge is 2.06. The van der Waals surface area contributed by atoms with Crippen molar-refractivity contribution in [3.05, 3.63) is 11.9 Å². The number of rotatable bonds is 8. The number of aromatic nitrogens is 2. The largest absolute Gasteiger partial charge is 0.370 e. The fourth-order valence-corrected chi connectivity index (χ4v) is 1.84. The molecule has 0 amide bonds. The molecule has 2 N–H and O–H groups in total. The summed E-state index contributed by atoms with van der Waals surface area (Å²) in [6, 6.07) is 2.45. The number of unbranched alkanes of at least 4 members (excludes halogenated alkanes) is 1. The third-order valence-corrected chi connectivity index (χ3v) is 2.83. The first-order valence-electron chi connectivity index (χ1n) is 7.07. The molecule has 0 bridgehead atoms. The second-order valence-electron chi connectivity index (χ2n) is 4.63. The molecule has 0 aliphatic carbocycles. The molecule has 0 aliphatic rings. The molecule has 0 aliphatic heterocycles. The Morgan fingerprint density at radius 1 is 1.17 bits per heavy atom. The van der Waals surface area contributed by atoms with Gasteiger partial charge < -0.3 is 10.6 Å². The number of hydrogen-bond donors (Lipinski definition) is 2. The van der Waals surface area contributed by atoms with Gasteiger partial charge in [-0.3, -0.25) is 0 Å². The average Bonchev–Trinajstić information content (AvgIpc) is 2.36. The predicted octanol–water partition coefficient (Wildman–Crippen LogP) is 3.46. The van der Waals surface area contributed by atoms with Crippen molar-refractivity contribution in [3.8, 4) is 0 Å². The zero-order valence-corrected chi connectivity index (χ0v) is 12.1. The first-order chi connectivity index (χ1) is 8.69. The van der Waals surface area contributed by atoms with Crippen LogP contribution < -0.4 is 10.6 Å². The van der Waals surface area contributed by atoms with Crippen molar-refractivity contribution in [2.24, 2.45) is 0 Å². The standard InChI is InChI=1S/C14H26N4/c1-5-8-9-11(4)16-14-10-13(15-7-3)17-12(6-2)18-14/h10-11H,5-9H2,1-4H3,(H2,15,16,17,18). The summed E-state index contributed by atoms with van der Waals surface area (Å²) in [5.74, 6) is 2.73. The van der Waals surface area contributed by atoms with Crippen LogP contribution in [0.2, 0.25) is 0 Å². The Morgan fingerprint density at radius 2 is 1.89 bits per heavy atom. The van der Waals surface area contributed by atoms with E-state index in [2.05, 4.69) is 48.3 Å². The van der Waals surface area contributed by atoms with Crippen molar-refractivity contribution < 1.29 is 0 Å². The molecule has 18 heavy (non-hydrogen) atoms. The molecule has 1 unspecified atom stereocenters. The topological polar surface area (TPSA) is 49.8 Å². The third kappa shape index (κ3) is 4.90. The van der Waals surface area contributed by atoms with Crippen molar-refractivity contribution >= 4 is 11.6 Å². The molecule has 1 rings (SSSR count). The van der Waals surface area contributed by atoms with Gasteiger partial charge in [-0.1, -0.05) is 26.7 Å². The van der Waals surface area contributed by atoms with Gasteiger partial charge in [0.15, 0.2) is 0 Å². The van der Waals surface area contributed by atoms with Gasteiger partial charge in [0.2, 0.25) is 0 Å². The zero-order chi connectivity index (χ0) is 13.4. The molecule has 0 saturated heterocycles. The van der Waals surface area contributed by atoms with E-state index >= 15 is 0 Å². The highest BCUT2D eigenvalue weighted by molar-refractivity contribution is 5.48. The van der Waals surface area contributed by atoms with E-state index in [1.165, 1.54) is 19.3 Å².